The zero-order valence-corrected chi connectivity index (χ0v) is 14.3. The molecular formula is C18H14Cl2N2O2. The van der Waals surface area contributed by atoms with Gasteiger partial charge in [0, 0.05) is 11.6 Å². The van der Waals surface area contributed by atoms with Crippen molar-refractivity contribution in [2.24, 2.45) is 0 Å². The molecule has 1 N–H and O–H groups in total. The number of amides is 1. The van der Waals surface area contributed by atoms with Gasteiger partial charge in [0.1, 0.15) is 10.8 Å². The predicted octanol–water partition coefficient (Wildman–Crippen LogP) is 4.95. The molecule has 3 rings (SSSR count). The van der Waals surface area contributed by atoms with Crippen LogP contribution in [0.2, 0.25) is 10.0 Å². The normalized spacial score (nSPS) is 12.0. The summed E-state index contributed by atoms with van der Waals surface area (Å²) in [5.74, 6) is 0.0776. The van der Waals surface area contributed by atoms with Gasteiger partial charge in [-0.05, 0) is 43.3 Å². The van der Waals surface area contributed by atoms with Crippen molar-refractivity contribution in [1.29, 1.82) is 0 Å². The van der Waals surface area contributed by atoms with Gasteiger partial charge in [-0.1, -0.05) is 35.3 Å². The topological polar surface area (TPSA) is 51.2 Å². The predicted molar refractivity (Wildman–Crippen MR) is 96.9 cm³/mol. The summed E-state index contributed by atoms with van der Waals surface area (Å²) < 4.78 is 5.63. The molecule has 0 saturated carbocycles. The van der Waals surface area contributed by atoms with Gasteiger partial charge in [-0.25, -0.2) is 0 Å². The monoisotopic (exact) mass is 360 g/mol. The summed E-state index contributed by atoms with van der Waals surface area (Å²) in [5.41, 5.74) is 1.49. The molecule has 1 atom stereocenters. The van der Waals surface area contributed by atoms with E-state index in [1.165, 1.54) is 0 Å². The number of fused-ring (bicyclic) bond motifs is 1. The first-order chi connectivity index (χ1) is 11.6. The summed E-state index contributed by atoms with van der Waals surface area (Å²) in [6.45, 7) is 1.65. The molecule has 1 heterocycles. The van der Waals surface area contributed by atoms with Gasteiger partial charge in [-0.2, -0.15) is 0 Å². The molecule has 0 radical (unpaired) electrons. The van der Waals surface area contributed by atoms with E-state index in [1.807, 2.05) is 30.3 Å². The van der Waals surface area contributed by atoms with Gasteiger partial charge in [0.25, 0.3) is 5.91 Å². The molecule has 0 saturated heterocycles. The van der Waals surface area contributed by atoms with Crippen LogP contribution in [-0.4, -0.2) is 17.0 Å². The quantitative estimate of drug-likeness (QED) is 0.716. The maximum absolute atomic E-state index is 12.4. The summed E-state index contributed by atoms with van der Waals surface area (Å²) >= 11 is 12.0. The molecule has 2 aromatic carbocycles. The zero-order chi connectivity index (χ0) is 17.1. The molecule has 0 aliphatic rings. The maximum atomic E-state index is 12.4. The van der Waals surface area contributed by atoms with Gasteiger partial charge < -0.3 is 10.1 Å². The van der Waals surface area contributed by atoms with E-state index < -0.39 is 6.10 Å². The van der Waals surface area contributed by atoms with E-state index in [0.29, 0.717) is 16.5 Å². The molecule has 0 spiro atoms. The first-order valence-electron chi connectivity index (χ1n) is 7.31. The summed E-state index contributed by atoms with van der Waals surface area (Å²) in [4.78, 5) is 16.7. The van der Waals surface area contributed by atoms with E-state index in [2.05, 4.69) is 10.3 Å². The third-order valence-electron chi connectivity index (χ3n) is 3.49. The minimum atomic E-state index is -0.743. The highest BCUT2D eigenvalue weighted by molar-refractivity contribution is 6.42. The standard InChI is InChI=1S/C18H14Cl2N2O2/c1-11(24-16-9-2-6-13(19)17(16)20)18(23)22-15-8-3-7-14-12(15)5-4-10-21-14/h2-11H,1H3,(H,22,23)/t11-/m0/s1. The number of pyridine rings is 1. The Kier molecular flexibility index (Phi) is 4.88. The van der Waals surface area contributed by atoms with Crippen molar-refractivity contribution in [3.63, 3.8) is 0 Å². The Morgan fingerprint density at radius 3 is 2.75 bits per heavy atom. The minimum absolute atomic E-state index is 0.285. The molecule has 24 heavy (non-hydrogen) atoms. The molecule has 3 aromatic rings. The number of aromatic nitrogens is 1. The van der Waals surface area contributed by atoms with E-state index in [0.717, 1.165) is 10.9 Å². The molecule has 0 aliphatic heterocycles. The second kappa shape index (κ2) is 7.07. The fraction of sp³-hybridized carbons (Fsp3) is 0.111. The van der Waals surface area contributed by atoms with E-state index >= 15 is 0 Å². The largest absolute Gasteiger partial charge is 0.479 e. The van der Waals surface area contributed by atoms with Crippen LogP contribution < -0.4 is 10.1 Å². The van der Waals surface area contributed by atoms with Crippen LogP contribution in [0, 0.1) is 0 Å². The van der Waals surface area contributed by atoms with Crippen molar-refractivity contribution in [1.82, 2.24) is 4.98 Å². The van der Waals surface area contributed by atoms with Crippen LogP contribution in [0.3, 0.4) is 0 Å². The van der Waals surface area contributed by atoms with Gasteiger partial charge in [0.05, 0.1) is 16.2 Å². The Balaban J connectivity index is 1.77. The first-order valence-corrected chi connectivity index (χ1v) is 8.07. The van der Waals surface area contributed by atoms with Crippen molar-refractivity contribution in [2.45, 2.75) is 13.0 Å². The van der Waals surface area contributed by atoms with E-state index in [1.54, 1.807) is 31.3 Å². The second-order valence-electron chi connectivity index (χ2n) is 5.18. The number of hydrogen-bond donors (Lipinski definition) is 1. The van der Waals surface area contributed by atoms with Crippen molar-refractivity contribution < 1.29 is 9.53 Å². The average molecular weight is 361 g/mol. The molecule has 0 aliphatic carbocycles. The first kappa shape index (κ1) is 16.6. The Morgan fingerprint density at radius 2 is 1.92 bits per heavy atom. The molecule has 1 aromatic heterocycles. The lowest BCUT2D eigenvalue weighted by Crippen LogP contribution is -2.30. The number of hydrogen-bond acceptors (Lipinski definition) is 3. The smallest absolute Gasteiger partial charge is 0.265 e. The summed E-state index contributed by atoms with van der Waals surface area (Å²) in [6.07, 6.45) is 0.966. The van der Waals surface area contributed by atoms with E-state index in [9.17, 15) is 4.79 Å². The minimum Gasteiger partial charge on any atom is -0.479 e. The van der Waals surface area contributed by atoms with Crippen LogP contribution in [0.4, 0.5) is 5.69 Å². The number of rotatable bonds is 4. The lowest BCUT2D eigenvalue weighted by atomic mass is 10.2. The summed E-state index contributed by atoms with van der Waals surface area (Å²) in [6, 6.07) is 14.3. The zero-order valence-electron chi connectivity index (χ0n) is 12.8. The lowest BCUT2D eigenvalue weighted by Gasteiger charge is -2.16. The number of halogens is 2. The molecule has 122 valence electrons. The number of benzene rings is 2. The number of nitrogens with zero attached hydrogens (tertiary/aromatic N) is 1. The van der Waals surface area contributed by atoms with Gasteiger partial charge in [-0.15, -0.1) is 0 Å². The highest BCUT2D eigenvalue weighted by Crippen LogP contribution is 2.32. The third kappa shape index (κ3) is 3.45. The molecule has 1 amide bonds. The van der Waals surface area contributed by atoms with Crippen molar-refractivity contribution >= 4 is 45.7 Å². The molecule has 0 bridgehead atoms. The van der Waals surface area contributed by atoms with Gasteiger partial charge in [0.15, 0.2) is 6.10 Å². The fourth-order valence-corrected chi connectivity index (χ4v) is 2.60. The molecule has 4 nitrogen and oxygen atoms in total. The lowest BCUT2D eigenvalue weighted by molar-refractivity contribution is -0.122. The van der Waals surface area contributed by atoms with Crippen LogP contribution in [0.15, 0.2) is 54.7 Å². The average Bonchev–Trinajstić information content (AvgIpc) is 2.59. The highest BCUT2D eigenvalue weighted by atomic mass is 35.5. The van der Waals surface area contributed by atoms with Gasteiger partial charge >= 0.3 is 0 Å². The van der Waals surface area contributed by atoms with Crippen molar-refractivity contribution in [3.8, 4) is 5.75 Å². The molecule has 0 fully saturated rings. The number of carbonyl (C=O) groups is 1. The van der Waals surface area contributed by atoms with Crippen LogP contribution in [0.5, 0.6) is 5.75 Å². The van der Waals surface area contributed by atoms with Gasteiger partial charge in [0.2, 0.25) is 0 Å². The molecule has 0 unspecified atom stereocenters. The van der Waals surface area contributed by atoms with Crippen LogP contribution >= 0.6 is 23.2 Å². The number of carbonyl (C=O) groups excluding carboxylic acids is 1. The van der Waals surface area contributed by atoms with Crippen molar-refractivity contribution in [2.75, 3.05) is 5.32 Å². The number of anilines is 1. The Labute approximate surface area is 149 Å². The third-order valence-corrected chi connectivity index (χ3v) is 4.29. The Hall–Kier alpha value is -2.30. The second-order valence-corrected chi connectivity index (χ2v) is 5.96. The fourth-order valence-electron chi connectivity index (χ4n) is 2.27. The molecule has 6 heteroatoms. The maximum Gasteiger partial charge on any atom is 0.265 e. The molecular weight excluding hydrogens is 347 g/mol. The Bertz CT molecular complexity index is 894. The van der Waals surface area contributed by atoms with E-state index in [-0.39, 0.29) is 10.9 Å². The number of nitrogens with one attached hydrogen (secondary N) is 1. The summed E-state index contributed by atoms with van der Waals surface area (Å²) in [7, 11) is 0. The van der Waals surface area contributed by atoms with Crippen LogP contribution in [0.1, 0.15) is 6.92 Å². The van der Waals surface area contributed by atoms with Crippen LogP contribution in [0.25, 0.3) is 10.9 Å². The van der Waals surface area contributed by atoms with Crippen LogP contribution in [-0.2, 0) is 4.79 Å². The Morgan fingerprint density at radius 1 is 1.12 bits per heavy atom. The van der Waals surface area contributed by atoms with Gasteiger partial charge in [-0.3, -0.25) is 9.78 Å². The van der Waals surface area contributed by atoms with Crippen molar-refractivity contribution in [3.05, 3.63) is 64.8 Å². The van der Waals surface area contributed by atoms with E-state index in [4.69, 9.17) is 27.9 Å². The highest BCUT2D eigenvalue weighted by Gasteiger charge is 2.18. The summed E-state index contributed by atoms with van der Waals surface area (Å²) in [5, 5.41) is 4.38. The SMILES string of the molecule is C[C@H](Oc1cccc(Cl)c1Cl)C(=O)Nc1cccc2ncccc12. The number of ether oxygens (including phenoxy) is 1.